The zero-order chi connectivity index (χ0) is 34.6. The average molecular weight is 647 g/mol. The zero-order valence-corrected chi connectivity index (χ0v) is 28.8. The van der Waals surface area contributed by atoms with E-state index in [9.17, 15) is 29.1 Å². The predicted molar refractivity (Wildman–Crippen MR) is 183 cm³/mol. The van der Waals surface area contributed by atoms with Crippen LogP contribution in [0.5, 0.6) is 0 Å². The molecule has 8 heteroatoms. The molecule has 2 aromatic rings. The van der Waals surface area contributed by atoms with Gasteiger partial charge in [-0.15, -0.1) is 0 Å². The highest BCUT2D eigenvalue weighted by Crippen LogP contribution is 2.47. The van der Waals surface area contributed by atoms with Crippen LogP contribution in [0.4, 0.5) is 0 Å². The fourth-order valence-electron chi connectivity index (χ4n) is 6.07. The van der Waals surface area contributed by atoms with Crippen molar-refractivity contribution in [1.29, 1.82) is 0 Å². The van der Waals surface area contributed by atoms with Crippen molar-refractivity contribution < 1.29 is 29.1 Å². The molecule has 0 aromatic heterocycles. The molecule has 0 saturated heterocycles. The van der Waals surface area contributed by atoms with Gasteiger partial charge in [0.2, 0.25) is 11.8 Å². The highest BCUT2D eigenvalue weighted by Gasteiger charge is 2.48. The van der Waals surface area contributed by atoms with Crippen LogP contribution in [-0.4, -0.2) is 53.0 Å². The number of carbonyl (C=O) groups excluding carboxylic acids is 5. The molecule has 1 fully saturated rings. The van der Waals surface area contributed by atoms with E-state index in [1.54, 1.807) is 0 Å². The van der Waals surface area contributed by atoms with Crippen molar-refractivity contribution in [1.82, 2.24) is 10.6 Å². The van der Waals surface area contributed by atoms with Gasteiger partial charge in [0.1, 0.15) is 6.61 Å². The molecule has 0 heterocycles. The Morgan fingerprint density at radius 2 is 1.23 bits per heavy atom. The van der Waals surface area contributed by atoms with E-state index in [-0.39, 0.29) is 42.2 Å². The summed E-state index contributed by atoms with van der Waals surface area (Å²) in [7, 11) is 0. The molecule has 256 valence electrons. The van der Waals surface area contributed by atoms with Crippen LogP contribution in [-0.2, 0) is 36.8 Å². The number of Topliss-reactive ketones (excluding diaryl/α,β-unsaturated/α-hetero) is 3. The first-order chi connectivity index (χ1) is 22.3. The topological polar surface area (TPSA) is 130 Å². The summed E-state index contributed by atoms with van der Waals surface area (Å²) in [5.74, 6) is -2.59. The van der Waals surface area contributed by atoms with Crippen molar-refractivity contribution >= 4 is 29.2 Å². The van der Waals surface area contributed by atoms with Crippen LogP contribution in [0.1, 0.15) is 90.7 Å². The summed E-state index contributed by atoms with van der Waals surface area (Å²) in [5.41, 5.74) is 1.52. The first kappa shape index (κ1) is 37.8. The van der Waals surface area contributed by atoms with Gasteiger partial charge in [-0.25, -0.2) is 0 Å². The Morgan fingerprint density at radius 3 is 1.77 bits per heavy atom. The lowest BCUT2D eigenvalue weighted by molar-refractivity contribution is -0.136. The molecule has 3 rings (SSSR count). The van der Waals surface area contributed by atoms with Crippen molar-refractivity contribution in [2.45, 2.75) is 104 Å². The zero-order valence-electron chi connectivity index (χ0n) is 28.8. The van der Waals surface area contributed by atoms with Gasteiger partial charge in [0.15, 0.2) is 17.3 Å². The van der Waals surface area contributed by atoms with E-state index in [0.717, 1.165) is 24.0 Å². The Balaban J connectivity index is 1.81. The number of benzene rings is 2. The summed E-state index contributed by atoms with van der Waals surface area (Å²) in [6.07, 6.45) is 3.55. The first-order valence-electron chi connectivity index (χ1n) is 17.2. The molecule has 47 heavy (non-hydrogen) atoms. The monoisotopic (exact) mass is 646 g/mol. The highest BCUT2D eigenvalue weighted by atomic mass is 16.3. The molecule has 4 atom stereocenters. The first-order valence-corrected chi connectivity index (χ1v) is 17.2. The third-order valence-corrected chi connectivity index (χ3v) is 9.14. The molecule has 3 N–H and O–H groups in total. The van der Waals surface area contributed by atoms with Crippen molar-refractivity contribution in [3.05, 3.63) is 71.8 Å². The normalized spacial score (nSPS) is 16.2. The minimum atomic E-state index is -0.851. The standard InChI is InChI=1S/C39H54N2O6/c1-26(2)20-33(40-37(46)30(23-32(43)25-42)17-16-28-12-8-6-9-13-28)35(44)24-31(22-29-14-10-7-11-15-29)38(47)41-34(21-27(3)4)36(45)39(5)18-19-39/h6-15,26-27,30-31,33-34,42H,16-25H2,1-5H3,(H,40,46)(H,41,47)/t30-,31-,33?,34?/m1/s1. The Kier molecular flexibility index (Phi) is 14.5. The largest absolute Gasteiger partial charge is 0.389 e. The molecule has 8 nitrogen and oxygen atoms in total. The van der Waals surface area contributed by atoms with Crippen LogP contribution in [0.3, 0.4) is 0 Å². The van der Waals surface area contributed by atoms with Crippen LogP contribution in [0.15, 0.2) is 60.7 Å². The number of hydrogen-bond acceptors (Lipinski definition) is 6. The summed E-state index contributed by atoms with van der Waals surface area (Å²) < 4.78 is 0. The van der Waals surface area contributed by atoms with Crippen molar-refractivity contribution in [2.24, 2.45) is 29.1 Å². The third kappa shape index (κ3) is 12.5. The SMILES string of the molecule is CC(C)CC(NC(=O)[C@H](CCc1ccccc1)CC(=O)CO)C(=O)C[C@@H](Cc1ccccc1)C(=O)NC(CC(C)C)C(=O)C1(C)CC1. The lowest BCUT2D eigenvalue weighted by atomic mass is 9.87. The molecule has 1 aliphatic carbocycles. The molecular formula is C39H54N2O6. The van der Waals surface area contributed by atoms with Gasteiger partial charge < -0.3 is 15.7 Å². The smallest absolute Gasteiger partial charge is 0.224 e. The molecule has 0 spiro atoms. The van der Waals surface area contributed by atoms with Gasteiger partial charge in [-0.1, -0.05) is 95.3 Å². The molecule has 0 bridgehead atoms. The van der Waals surface area contributed by atoms with E-state index in [4.69, 9.17) is 0 Å². The Labute approximate surface area is 280 Å². The number of aliphatic hydroxyl groups excluding tert-OH is 1. The van der Waals surface area contributed by atoms with E-state index in [1.165, 1.54) is 0 Å². The molecule has 2 aromatic carbocycles. The lowest BCUT2D eigenvalue weighted by Crippen LogP contribution is -2.49. The molecule has 1 saturated carbocycles. The summed E-state index contributed by atoms with van der Waals surface area (Å²) in [4.78, 5) is 67.2. The second-order valence-corrected chi connectivity index (χ2v) is 14.5. The lowest BCUT2D eigenvalue weighted by Gasteiger charge is -2.27. The summed E-state index contributed by atoms with van der Waals surface area (Å²) in [6, 6.07) is 17.7. The Morgan fingerprint density at radius 1 is 0.723 bits per heavy atom. The maximum Gasteiger partial charge on any atom is 0.224 e. The number of hydrogen-bond donors (Lipinski definition) is 3. The molecule has 2 unspecified atom stereocenters. The predicted octanol–water partition coefficient (Wildman–Crippen LogP) is 5.44. The highest BCUT2D eigenvalue weighted by molar-refractivity contribution is 5.97. The van der Waals surface area contributed by atoms with Gasteiger partial charge in [-0.2, -0.15) is 0 Å². The molecule has 0 radical (unpaired) electrons. The minimum absolute atomic E-state index is 0.0493. The molecular weight excluding hydrogens is 592 g/mol. The van der Waals surface area contributed by atoms with Crippen LogP contribution in [0, 0.1) is 29.1 Å². The average Bonchev–Trinajstić information content (AvgIpc) is 3.80. The van der Waals surface area contributed by atoms with E-state index in [2.05, 4.69) is 10.6 Å². The summed E-state index contributed by atoms with van der Waals surface area (Å²) in [5, 5.41) is 15.4. The van der Waals surface area contributed by atoms with Crippen molar-refractivity contribution in [3.63, 3.8) is 0 Å². The van der Waals surface area contributed by atoms with Crippen LogP contribution in [0.25, 0.3) is 0 Å². The van der Waals surface area contributed by atoms with Gasteiger partial charge in [-0.3, -0.25) is 24.0 Å². The molecule has 1 aliphatic rings. The van der Waals surface area contributed by atoms with Gasteiger partial charge in [0, 0.05) is 30.1 Å². The second kappa shape index (κ2) is 18.0. The van der Waals surface area contributed by atoms with E-state index in [0.29, 0.717) is 32.1 Å². The summed E-state index contributed by atoms with van der Waals surface area (Å²) in [6.45, 7) is 9.26. The van der Waals surface area contributed by atoms with Crippen molar-refractivity contribution in [2.75, 3.05) is 6.61 Å². The quantitative estimate of drug-likeness (QED) is 0.166. The van der Waals surface area contributed by atoms with Crippen molar-refractivity contribution in [3.8, 4) is 0 Å². The maximum absolute atomic E-state index is 14.0. The maximum atomic E-state index is 14.0. The molecule has 2 amide bonds. The number of aliphatic hydroxyl groups is 1. The number of amides is 2. The van der Waals surface area contributed by atoms with Gasteiger partial charge in [-0.05, 0) is 67.9 Å². The van der Waals surface area contributed by atoms with Gasteiger partial charge >= 0.3 is 0 Å². The van der Waals surface area contributed by atoms with Crippen LogP contribution in [0.2, 0.25) is 0 Å². The van der Waals surface area contributed by atoms with E-state index < -0.39 is 47.6 Å². The third-order valence-electron chi connectivity index (χ3n) is 9.14. The molecule has 0 aliphatic heterocycles. The van der Waals surface area contributed by atoms with Crippen LogP contribution >= 0.6 is 0 Å². The number of aryl methyl sites for hydroxylation is 1. The van der Waals surface area contributed by atoms with E-state index in [1.807, 2.05) is 95.3 Å². The number of rotatable bonds is 21. The number of ketones is 3. The number of carbonyl (C=O) groups is 5. The van der Waals surface area contributed by atoms with Gasteiger partial charge in [0.25, 0.3) is 0 Å². The van der Waals surface area contributed by atoms with Gasteiger partial charge in [0.05, 0.1) is 12.1 Å². The fraction of sp³-hybridized carbons (Fsp3) is 0.564. The fourth-order valence-corrected chi connectivity index (χ4v) is 6.07. The van der Waals surface area contributed by atoms with Crippen LogP contribution < -0.4 is 10.6 Å². The van der Waals surface area contributed by atoms with E-state index >= 15 is 0 Å². The number of nitrogens with one attached hydrogen (secondary N) is 2. The Hall–Kier alpha value is -3.65. The second-order valence-electron chi connectivity index (χ2n) is 14.5. The Bertz CT molecular complexity index is 1340. The summed E-state index contributed by atoms with van der Waals surface area (Å²) >= 11 is 0. The minimum Gasteiger partial charge on any atom is -0.389 e.